The van der Waals surface area contributed by atoms with Gasteiger partial charge in [-0.25, -0.2) is 4.39 Å². The van der Waals surface area contributed by atoms with Crippen molar-refractivity contribution >= 4 is 51.4 Å². The molecule has 2 aromatic heterocycles. The number of nitrogens with two attached hydrogens (primary N) is 1. The largest absolute Gasteiger partial charge is 0.459 e. The Kier molecular flexibility index (Phi) is 9.33. The molecule has 2 aromatic carbocycles. The van der Waals surface area contributed by atoms with Crippen LogP contribution < -0.4 is 11.1 Å². The summed E-state index contributed by atoms with van der Waals surface area (Å²) in [5, 5.41) is 13.1. The number of rotatable bonds is 11. The maximum absolute atomic E-state index is 15.8. The number of nitrogens with zero attached hydrogens (tertiary/aromatic N) is 6. The van der Waals surface area contributed by atoms with Crippen LogP contribution in [-0.2, 0) is 42.3 Å². The maximum Gasteiger partial charge on any atom is 0.325 e. The standard InChI is InChI=1S/C36H43FN8O6/c1-35(2,3)51-32(50)16-39-29(47)17-42(4)31(49)18-45-26-8-6-7-23(24-12-27-21(11-25(24)37)15-40-43(27)5)33(26)34(41-45)22-13-36(14-22)19-44(20-36)30(48)10-9-28(38)46/h6-8,11-12,15,22H,9-10,13-14,16-20H2,1-5H3,(H2,38,46)(H,39,47). The summed E-state index contributed by atoms with van der Waals surface area (Å²) in [6, 6.07) is 8.72. The Morgan fingerprint density at radius 1 is 1.08 bits per heavy atom. The van der Waals surface area contributed by atoms with Gasteiger partial charge in [0.25, 0.3) is 0 Å². The number of carbonyl (C=O) groups is 5. The minimum atomic E-state index is -0.693. The highest BCUT2D eigenvalue weighted by Crippen LogP contribution is 2.57. The van der Waals surface area contributed by atoms with Crippen molar-refractivity contribution < 1.29 is 33.1 Å². The van der Waals surface area contributed by atoms with Crippen molar-refractivity contribution in [3.05, 3.63) is 48.0 Å². The van der Waals surface area contributed by atoms with Crippen LogP contribution >= 0.6 is 0 Å². The number of hydrogen-bond donors (Lipinski definition) is 2. The van der Waals surface area contributed by atoms with Gasteiger partial charge in [-0.05, 0) is 57.4 Å². The predicted octanol–water partition coefficient (Wildman–Crippen LogP) is 2.62. The lowest BCUT2D eigenvalue weighted by Crippen LogP contribution is -2.63. The van der Waals surface area contributed by atoms with Crippen molar-refractivity contribution in [1.82, 2.24) is 34.7 Å². The van der Waals surface area contributed by atoms with Gasteiger partial charge in [-0.1, -0.05) is 12.1 Å². The van der Waals surface area contributed by atoms with Crippen LogP contribution in [0.25, 0.3) is 32.9 Å². The van der Waals surface area contributed by atoms with Gasteiger partial charge in [0.2, 0.25) is 23.6 Å². The molecule has 270 valence electrons. The Labute approximate surface area is 294 Å². The van der Waals surface area contributed by atoms with Crippen LogP contribution in [0.4, 0.5) is 4.39 Å². The van der Waals surface area contributed by atoms with E-state index in [9.17, 15) is 24.0 Å². The first kappa shape index (κ1) is 35.5. The molecular weight excluding hydrogens is 659 g/mol. The van der Waals surface area contributed by atoms with Gasteiger partial charge in [-0.2, -0.15) is 10.2 Å². The number of hydrogen-bond acceptors (Lipinski definition) is 8. The lowest BCUT2D eigenvalue weighted by molar-refractivity contribution is -0.154. The van der Waals surface area contributed by atoms with Crippen molar-refractivity contribution in [1.29, 1.82) is 0 Å². The number of benzene rings is 2. The summed E-state index contributed by atoms with van der Waals surface area (Å²) in [6.45, 7) is 5.56. The highest BCUT2D eigenvalue weighted by molar-refractivity contribution is 6.00. The number of likely N-dealkylation sites (tertiary alicyclic amines) is 1. The summed E-state index contributed by atoms with van der Waals surface area (Å²) in [5.74, 6) is -2.52. The van der Waals surface area contributed by atoms with E-state index in [1.165, 1.54) is 18.0 Å². The fraction of sp³-hybridized carbons (Fsp3) is 0.472. The van der Waals surface area contributed by atoms with Crippen LogP contribution in [0.2, 0.25) is 0 Å². The molecule has 0 radical (unpaired) electrons. The predicted molar refractivity (Wildman–Crippen MR) is 185 cm³/mol. The molecule has 15 heteroatoms. The highest BCUT2D eigenvalue weighted by Gasteiger charge is 2.54. The minimum absolute atomic E-state index is 0.00673. The van der Waals surface area contributed by atoms with E-state index in [0.29, 0.717) is 35.1 Å². The number of aromatic nitrogens is 4. The van der Waals surface area contributed by atoms with Crippen LogP contribution in [0.15, 0.2) is 36.5 Å². The number of aryl methyl sites for hydroxylation is 1. The van der Waals surface area contributed by atoms with Crippen LogP contribution in [-0.4, -0.2) is 97.8 Å². The van der Waals surface area contributed by atoms with E-state index in [-0.39, 0.29) is 55.6 Å². The first-order valence-corrected chi connectivity index (χ1v) is 16.9. The normalized spacial score (nSPS) is 15.5. The number of nitrogens with one attached hydrogen (secondary N) is 1. The average Bonchev–Trinajstić information content (AvgIpc) is 3.55. The van der Waals surface area contributed by atoms with Crippen molar-refractivity contribution in [2.75, 3.05) is 33.2 Å². The second kappa shape index (κ2) is 13.4. The molecule has 4 amide bonds. The third-order valence-corrected chi connectivity index (χ3v) is 9.61. The fourth-order valence-electron chi connectivity index (χ4n) is 7.19. The van der Waals surface area contributed by atoms with Crippen molar-refractivity contribution in [2.45, 2.75) is 64.5 Å². The van der Waals surface area contributed by atoms with E-state index in [4.69, 9.17) is 15.6 Å². The Hall–Kier alpha value is -5.34. The van der Waals surface area contributed by atoms with Gasteiger partial charge in [-0.15, -0.1) is 0 Å². The Morgan fingerprint density at radius 3 is 2.49 bits per heavy atom. The van der Waals surface area contributed by atoms with Gasteiger partial charge in [0.05, 0.1) is 29.5 Å². The number of halogens is 1. The van der Waals surface area contributed by atoms with E-state index in [1.807, 2.05) is 12.1 Å². The van der Waals surface area contributed by atoms with Gasteiger partial charge in [0, 0.05) is 67.7 Å². The van der Waals surface area contributed by atoms with Gasteiger partial charge in [0.15, 0.2) is 0 Å². The molecule has 4 aromatic rings. The number of ether oxygens (including phenoxy) is 1. The lowest BCUT2D eigenvalue weighted by atomic mass is 9.56. The molecule has 3 heterocycles. The third-order valence-electron chi connectivity index (χ3n) is 9.61. The Balaban J connectivity index is 1.24. The van der Waals surface area contributed by atoms with Gasteiger partial charge >= 0.3 is 5.97 Å². The van der Waals surface area contributed by atoms with E-state index >= 15 is 4.39 Å². The summed E-state index contributed by atoms with van der Waals surface area (Å²) in [6.07, 6.45) is 3.22. The maximum atomic E-state index is 15.8. The topological polar surface area (TPSA) is 175 Å². The molecule has 51 heavy (non-hydrogen) atoms. The third kappa shape index (κ3) is 7.42. The molecule has 0 atom stereocenters. The van der Waals surface area contributed by atoms with E-state index in [1.54, 1.807) is 60.4 Å². The molecule has 2 aliphatic rings. The zero-order chi connectivity index (χ0) is 36.8. The summed E-state index contributed by atoms with van der Waals surface area (Å²) in [4.78, 5) is 64.7. The lowest BCUT2D eigenvalue weighted by Gasteiger charge is -2.59. The minimum Gasteiger partial charge on any atom is -0.459 e. The SMILES string of the molecule is CN(CC(=O)NCC(=O)OC(C)(C)C)C(=O)Cn1nc(C2CC3(C2)CN(C(=O)CCC(N)=O)C3)c2c(-c3cc4c(cnn4C)cc3F)cccc21. The molecule has 6 rings (SSSR count). The summed E-state index contributed by atoms with van der Waals surface area (Å²) in [7, 11) is 3.29. The molecule has 1 saturated heterocycles. The zero-order valence-electron chi connectivity index (χ0n) is 29.5. The Bertz CT molecular complexity index is 2050. The number of amides is 4. The fourth-order valence-corrected chi connectivity index (χ4v) is 7.19. The first-order chi connectivity index (χ1) is 24.0. The van der Waals surface area contributed by atoms with E-state index < -0.39 is 29.2 Å². The number of fused-ring (bicyclic) bond motifs is 2. The number of primary amides is 1. The molecule has 3 N–H and O–H groups in total. The van der Waals surface area contributed by atoms with Gasteiger partial charge < -0.3 is 25.6 Å². The van der Waals surface area contributed by atoms with E-state index in [0.717, 1.165) is 29.4 Å². The van der Waals surface area contributed by atoms with Crippen LogP contribution in [0.5, 0.6) is 0 Å². The second-order valence-electron chi connectivity index (χ2n) is 14.8. The van der Waals surface area contributed by atoms with Crippen molar-refractivity contribution in [3.8, 4) is 11.1 Å². The Morgan fingerprint density at radius 2 is 1.80 bits per heavy atom. The smallest absolute Gasteiger partial charge is 0.325 e. The summed E-state index contributed by atoms with van der Waals surface area (Å²) >= 11 is 0. The number of carbonyl (C=O) groups excluding carboxylic acids is 5. The monoisotopic (exact) mass is 702 g/mol. The molecule has 1 saturated carbocycles. The molecule has 0 bridgehead atoms. The van der Waals surface area contributed by atoms with Crippen LogP contribution in [0.1, 0.15) is 58.1 Å². The molecule has 0 unspecified atom stereocenters. The summed E-state index contributed by atoms with van der Waals surface area (Å²) < 4.78 is 24.3. The van der Waals surface area contributed by atoms with Crippen LogP contribution in [0, 0.1) is 11.2 Å². The van der Waals surface area contributed by atoms with Crippen molar-refractivity contribution in [2.24, 2.45) is 18.2 Å². The zero-order valence-corrected chi connectivity index (χ0v) is 29.5. The average molecular weight is 703 g/mol. The van der Waals surface area contributed by atoms with Crippen molar-refractivity contribution in [3.63, 3.8) is 0 Å². The first-order valence-electron chi connectivity index (χ1n) is 16.9. The van der Waals surface area contributed by atoms with Gasteiger partial charge in [0.1, 0.15) is 24.5 Å². The highest BCUT2D eigenvalue weighted by atomic mass is 19.1. The summed E-state index contributed by atoms with van der Waals surface area (Å²) in [5.41, 5.74) is 7.61. The van der Waals surface area contributed by atoms with Gasteiger partial charge in [-0.3, -0.25) is 33.3 Å². The second-order valence-corrected chi connectivity index (χ2v) is 14.8. The molecule has 14 nitrogen and oxygen atoms in total. The number of esters is 1. The molecule has 1 aliphatic carbocycles. The molecule has 2 fully saturated rings. The quantitative estimate of drug-likeness (QED) is 0.224. The number of likely N-dealkylation sites (N-methyl/N-ethyl adjacent to an activating group) is 1. The van der Waals surface area contributed by atoms with E-state index in [2.05, 4.69) is 10.4 Å². The molecule has 1 aliphatic heterocycles. The molecule has 1 spiro atoms. The van der Waals surface area contributed by atoms with Crippen LogP contribution in [0.3, 0.4) is 0 Å². The molecular formula is C36H43FN8O6.